The van der Waals surface area contributed by atoms with Crippen LogP contribution in [0.15, 0.2) is 23.6 Å². The smallest absolute Gasteiger partial charge is 0.114 e. The highest BCUT2D eigenvalue weighted by Gasteiger charge is 2.14. The lowest BCUT2D eigenvalue weighted by atomic mass is 10.2. The minimum absolute atomic E-state index is 0.812. The Morgan fingerprint density at radius 3 is 3.23 bits per heavy atom. The molecule has 1 aliphatic heterocycles. The number of hydrogen-bond acceptors (Lipinski definition) is 4. The molecule has 0 bridgehead atoms. The van der Waals surface area contributed by atoms with Crippen molar-refractivity contribution in [3.05, 3.63) is 18.6 Å². The fraction of sp³-hybridized carbons (Fsp3) is 0.556. The van der Waals surface area contributed by atoms with Gasteiger partial charge in [-0.05, 0) is 25.4 Å². The minimum atomic E-state index is 0.812. The molecule has 1 atom stereocenters. The molecule has 4 heteroatoms. The Morgan fingerprint density at radius 1 is 1.54 bits per heavy atom. The van der Waals surface area contributed by atoms with Gasteiger partial charge in [0, 0.05) is 18.1 Å². The average molecular weight is 195 g/mol. The van der Waals surface area contributed by atoms with Crippen LogP contribution in [-0.2, 0) is 0 Å². The van der Waals surface area contributed by atoms with E-state index in [0.29, 0.717) is 0 Å². The van der Waals surface area contributed by atoms with E-state index in [4.69, 9.17) is 0 Å². The first-order chi connectivity index (χ1) is 6.45. The normalized spacial score (nSPS) is 22.0. The highest BCUT2D eigenvalue weighted by molar-refractivity contribution is 7.99. The molecule has 0 amide bonds. The van der Waals surface area contributed by atoms with Gasteiger partial charge in [0.15, 0.2) is 0 Å². The van der Waals surface area contributed by atoms with E-state index in [1.54, 1.807) is 24.2 Å². The van der Waals surface area contributed by atoms with Crippen molar-refractivity contribution in [1.82, 2.24) is 15.3 Å². The molecule has 2 heterocycles. The molecule has 1 aliphatic rings. The Balaban J connectivity index is 1.79. The number of aromatic nitrogens is 2. The Hall–Kier alpha value is -0.610. The summed E-state index contributed by atoms with van der Waals surface area (Å²) in [7, 11) is 0. The standard InChI is InChI=1S/C9H13N3S/c1-2-10-5-8(1)7-13-9-6-11-3-4-12-9/h3-4,6,8,10H,1-2,5,7H2/t8-/m0/s1. The van der Waals surface area contributed by atoms with E-state index >= 15 is 0 Å². The maximum atomic E-state index is 4.22. The summed E-state index contributed by atoms with van der Waals surface area (Å²) in [5.74, 6) is 1.97. The molecule has 1 saturated heterocycles. The van der Waals surface area contributed by atoms with E-state index in [1.807, 2.05) is 6.20 Å². The molecule has 2 rings (SSSR count). The minimum Gasteiger partial charge on any atom is -0.316 e. The number of hydrogen-bond donors (Lipinski definition) is 1. The Bertz CT molecular complexity index is 246. The van der Waals surface area contributed by atoms with E-state index in [9.17, 15) is 0 Å². The fourth-order valence-electron chi connectivity index (χ4n) is 1.42. The summed E-state index contributed by atoms with van der Waals surface area (Å²) in [4.78, 5) is 8.25. The molecule has 70 valence electrons. The van der Waals surface area contributed by atoms with Gasteiger partial charge in [-0.2, -0.15) is 0 Å². The summed E-state index contributed by atoms with van der Waals surface area (Å²) in [6, 6.07) is 0. The molecule has 3 nitrogen and oxygen atoms in total. The zero-order valence-corrected chi connectivity index (χ0v) is 8.26. The largest absolute Gasteiger partial charge is 0.316 e. The molecule has 0 spiro atoms. The van der Waals surface area contributed by atoms with Crippen LogP contribution in [0.5, 0.6) is 0 Å². The third kappa shape index (κ3) is 2.67. The van der Waals surface area contributed by atoms with Gasteiger partial charge in [-0.3, -0.25) is 4.98 Å². The summed E-state index contributed by atoms with van der Waals surface area (Å²) in [5.41, 5.74) is 0. The van der Waals surface area contributed by atoms with Crippen molar-refractivity contribution in [3.8, 4) is 0 Å². The van der Waals surface area contributed by atoms with Gasteiger partial charge in [0.05, 0.1) is 6.20 Å². The first kappa shape index (κ1) is 8.97. The highest BCUT2D eigenvalue weighted by Crippen LogP contribution is 2.20. The zero-order valence-electron chi connectivity index (χ0n) is 7.44. The van der Waals surface area contributed by atoms with Crippen molar-refractivity contribution in [2.24, 2.45) is 5.92 Å². The van der Waals surface area contributed by atoms with Gasteiger partial charge in [0.1, 0.15) is 5.03 Å². The maximum absolute atomic E-state index is 4.22. The third-order valence-corrected chi connectivity index (χ3v) is 3.31. The first-order valence-electron chi connectivity index (χ1n) is 4.54. The molecule has 1 N–H and O–H groups in total. The number of rotatable bonds is 3. The van der Waals surface area contributed by atoms with Crippen molar-refractivity contribution >= 4 is 11.8 Å². The molecule has 0 aromatic carbocycles. The predicted octanol–water partition coefficient (Wildman–Crippen LogP) is 1.18. The number of thioether (sulfide) groups is 1. The van der Waals surface area contributed by atoms with Crippen LogP contribution in [-0.4, -0.2) is 28.8 Å². The van der Waals surface area contributed by atoms with Crippen LogP contribution < -0.4 is 5.32 Å². The zero-order chi connectivity index (χ0) is 8.93. The van der Waals surface area contributed by atoms with E-state index in [-0.39, 0.29) is 0 Å². The maximum Gasteiger partial charge on any atom is 0.114 e. The molecule has 0 aliphatic carbocycles. The van der Waals surface area contributed by atoms with E-state index in [1.165, 1.54) is 13.0 Å². The van der Waals surface area contributed by atoms with Gasteiger partial charge in [-0.15, -0.1) is 11.8 Å². The van der Waals surface area contributed by atoms with E-state index in [0.717, 1.165) is 23.2 Å². The molecule has 0 saturated carbocycles. The van der Waals surface area contributed by atoms with Crippen molar-refractivity contribution in [3.63, 3.8) is 0 Å². The quantitative estimate of drug-likeness (QED) is 0.735. The van der Waals surface area contributed by atoms with Gasteiger partial charge in [-0.25, -0.2) is 4.98 Å². The topological polar surface area (TPSA) is 37.8 Å². The van der Waals surface area contributed by atoms with Gasteiger partial charge < -0.3 is 5.32 Å². The molecule has 1 fully saturated rings. The SMILES string of the molecule is c1cnc(SC[C@H]2CCNC2)cn1. The van der Waals surface area contributed by atoms with Crippen LogP contribution in [0.4, 0.5) is 0 Å². The van der Waals surface area contributed by atoms with Crippen molar-refractivity contribution in [2.45, 2.75) is 11.4 Å². The second-order valence-electron chi connectivity index (χ2n) is 3.21. The van der Waals surface area contributed by atoms with Crippen LogP contribution in [0.2, 0.25) is 0 Å². The molecule has 1 aromatic rings. The van der Waals surface area contributed by atoms with Gasteiger partial charge in [0.25, 0.3) is 0 Å². The Morgan fingerprint density at radius 2 is 2.54 bits per heavy atom. The highest BCUT2D eigenvalue weighted by atomic mass is 32.2. The van der Waals surface area contributed by atoms with E-state index < -0.39 is 0 Å². The number of nitrogens with zero attached hydrogens (tertiary/aromatic N) is 2. The summed E-state index contributed by atoms with van der Waals surface area (Å²) in [6.45, 7) is 2.33. The van der Waals surface area contributed by atoms with Crippen LogP contribution in [0.3, 0.4) is 0 Å². The summed E-state index contributed by atoms with van der Waals surface area (Å²) >= 11 is 1.80. The van der Waals surface area contributed by atoms with Gasteiger partial charge in [0.2, 0.25) is 0 Å². The third-order valence-electron chi connectivity index (χ3n) is 2.17. The molecule has 0 radical (unpaired) electrons. The summed E-state index contributed by atoms with van der Waals surface area (Å²) in [6.07, 6.45) is 6.58. The van der Waals surface area contributed by atoms with Crippen LogP contribution in [0, 0.1) is 5.92 Å². The second kappa shape index (κ2) is 4.58. The lowest BCUT2D eigenvalue weighted by molar-refractivity contribution is 0.662. The van der Waals surface area contributed by atoms with Crippen molar-refractivity contribution < 1.29 is 0 Å². The fourth-order valence-corrected chi connectivity index (χ4v) is 2.38. The van der Waals surface area contributed by atoms with Gasteiger partial charge in [-0.1, -0.05) is 0 Å². The molecule has 13 heavy (non-hydrogen) atoms. The first-order valence-corrected chi connectivity index (χ1v) is 5.53. The van der Waals surface area contributed by atoms with E-state index in [2.05, 4.69) is 15.3 Å². The Kier molecular flexibility index (Phi) is 3.16. The van der Waals surface area contributed by atoms with Crippen molar-refractivity contribution in [2.75, 3.05) is 18.8 Å². The lowest BCUT2D eigenvalue weighted by Gasteiger charge is -2.05. The molecule has 1 aromatic heterocycles. The molecular formula is C9H13N3S. The second-order valence-corrected chi connectivity index (χ2v) is 4.25. The Labute approximate surface area is 82.4 Å². The monoisotopic (exact) mass is 195 g/mol. The van der Waals surface area contributed by atoms with Crippen LogP contribution in [0.1, 0.15) is 6.42 Å². The number of nitrogens with one attached hydrogen (secondary N) is 1. The van der Waals surface area contributed by atoms with Crippen LogP contribution >= 0.6 is 11.8 Å². The average Bonchev–Trinajstić information content (AvgIpc) is 2.69. The van der Waals surface area contributed by atoms with Gasteiger partial charge >= 0.3 is 0 Å². The molecule has 0 unspecified atom stereocenters. The van der Waals surface area contributed by atoms with Crippen LogP contribution in [0.25, 0.3) is 0 Å². The predicted molar refractivity (Wildman–Crippen MR) is 53.7 cm³/mol. The molecular weight excluding hydrogens is 182 g/mol. The summed E-state index contributed by atoms with van der Waals surface area (Å²) < 4.78 is 0. The summed E-state index contributed by atoms with van der Waals surface area (Å²) in [5, 5.41) is 4.40. The van der Waals surface area contributed by atoms with Crippen molar-refractivity contribution in [1.29, 1.82) is 0 Å². The lowest BCUT2D eigenvalue weighted by Crippen LogP contribution is -2.10.